The number of fused-ring (bicyclic) bond motifs is 1. The van der Waals surface area contributed by atoms with Crippen LogP contribution in [0.5, 0.6) is 0 Å². The zero-order valence-corrected chi connectivity index (χ0v) is 26.1. The van der Waals surface area contributed by atoms with E-state index >= 15 is 0 Å². The Morgan fingerprint density at radius 1 is 1.07 bits per heavy atom. The lowest BCUT2D eigenvalue weighted by atomic mass is 9.90. The number of nitrogens with zero attached hydrogens (tertiary/aromatic N) is 3. The third-order valence-corrected chi connectivity index (χ3v) is 8.39. The number of carbonyl (C=O) groups is 2. The number of aryl methyl sites for hydroxylation is 4. The summed E-state index contributed by atoms with van der Waals surface area (Å²) in [6.07, 6.45) is 7.13. The summed E-state index contributed by atoms with van der Waals surface area (Å²) in [5, 5.41) is 13.0. The highest BCUT2D eigenvalue weighted by atomic mass is 19.1. The zero-order valence-electron chi connectivity index (χ0n) is 26.1. The Morgan fingerprint density at radius 2 is 1.80 bits per heavy atom. The summed E-state index contributed by atoms with van der Waals surface area (Å²) in [6.45, 7) is 10.0. The second-order valence-electron chi connectivity index (χ2n) is 11.5. The maximum atomic E-state index is 14.8. The molecule has 2 heterocycles. The minimum absolute atomic E-state index is 0.180. The fourth-order valence-electron chi connectivity index (χ4n) is 5.93. The number of anilines is 1. The van der Waals surface area contributed by atoms with Crippen LogP contribution >= 0.6 is 0 Å². The summed E-state index contributed by atoms with van der Waals surface area (Å²) in [6, 6.07) is 12.7. The first-order valence-corrected chi connectivity index (χ1v) is 15.6. The molecule has 0 spiro atoms. The van der Waals surface area contributed by atoms with E-state index in [1.165, 1.54) is 0 Å². The molecule has 3 N–H and O–H groups in total. The van der Waals surface area contributed by atoms with Gasteiger partial charge in [0.15, 0.2) is 5.67 Å². The number of rotatable bonds is 9. The van der Waals surface area contributed by atoms with Crippen molar-refractivity contribution in [3.63, 3.8) is 0 Å². The summed E-state index contributed by atoms with van der Waals surface area (Å²) in [5.74, 6) is -1.40. The molecule has 8 nitrogen and oxygen atoms in total. The fourth-order valence-corrected chi connectivity index (χ4v) is 5.93. The van der Waals surface area contributed by atoms with Gasteiger partial charge in [-0.2, -0.15) is 5.10 Å². The summed E-state index contributed by atoms with van der Waals surface area (Å²) < 4.78 is 14.8. The Labute approximate surface area is 258 Å². The fraction of sp³-hybridized carbons (Fsp3) is 0.400. The number of aromatic nitrogens is 4. The van der Waals surface area contributed by atoms with Gasteiger partial charge in [-0.1, -0.05) is 51.5 Å². The van der Waals surface area contributed by atoms with Crippen LogP contribution < -0.4 is 10.6 Å². The van der Waals surface area contributed by atoms with Crippen molar-refractivity contribution < 1.29 is 14.0 Å². The zero-order chi connectivity index (χ0) is 31.4. The van der Waals surface area contributed by atoms with Crippen molar-refractivity contribution in [1.29, 1.82) is 0 Å². The first-order valence-electron chi connectivity index (χ1n) is 15.6. The number of H-pyrrole nitrogens is 1. The minimum atomic E-state index is -1.89. The van der Waals surface area contributed by atoms with Crippen molar-refractivity contribution in [3.8, 4) is 22.4 Å². The molecule has 2 aliphatic carbocycles. The van der Waals surface area contributed by atoms with Gasteiger partial charge in [0.1, 0.15) is 6.04 Å². The molecular formula is C35H41FN6O2. The standard InChI is InChI=1S/C33H35FN6O2.C2H6/c1-4-5-25-17-35-18-28(36-25)23-7-6-21-10-13-26(27(21)16-23)30(38-32(42)33(34)14-15-33)31(41)37-24-11-8-22(9-12-24)29-19(2)39-40-20(29)3;1-2/h6-9,11-12,16-18,26,30H,4-5,10,13-15H2,1-3H3,(H,37,41)(H,38,42)(H,39,40);1-2H3/t26-,30?;/m1./s1. The molecular weight excluding hydrogens is 555 g/mol. The van der Waals surface area contributed by atoms with Gasteiger partial charge in [0.25, 0.3) is 5.91 Å². The number of hydrogen-bond donors (Lipinski definition) is 3. The van der Waals surface area contributed by atoms with Gasteiger partial charge in [-0.25, -0.2) is 9.37 Å². The maximum Gasteiger partial charge on any atom is 0.258 e. The molecule has 1 unspecified atom stereocenters. The third kappa shape index (κ3) is 6.42. The summed E-state index contributed by atoms with van der Waals surface area (Å²) in [7, 11) is 0. The van der Waals surface area contributed by atoms with Crippen LogP contribution in [0.15, 0.2) is 54.9 Å². The number of halogens is 1. The second kappa shape index (κ2) is 13.1. The maximum absolute atomic E-state index is 14.8. The normalized spacial score (nSPS) is 16.7. The Balaban J connectivity index is 0.00000188. The average molecular weight is 597 g/mol. The molecule has 0 radical (unpaired) electrons. The average Bonchev–Trinajstić information content (AvgIpc) is 3.52. The lowest BCUT2D eigenvalue weighted by Gasteiger charge is -2.26. The van der Waals surface area contributed by atoms with E-state index in [1.54, 1.807) is 12.4 Å². The van der Waals surface area contributed by atoms with Crippen molar-refractivity contribution in [1.82, 2.24) is 25.5 Å². The van der Waals surface area contributed by atoms with Gasteiger partial charge in [-0.3, -0.25) is 19.7 Å². The van der Waals surface area contributed by atoms with Crippen LogP contribution in [0.3, 0.4) is 0 Å². The van der Waals surface area contributed by atoms with E-state index in [4.69, 9.17) is 4.98 Å². The molecule has 2 amide bonds. The smallest absolute Gasteiger partial charge is 0.258 e. The van der Waals surface area contributed by atoms with Crippen molar-refractivity contribution in [2.24, 2.45) is 0 Å². The van der Waals surface area contributed by atoms with Crippen LogP contribution in [0.1, 0.15) is 80.6 Å². The van der Waals surface area contributed by atoms with Gasteiger partial charge in [0.2, 0.25) is 5.91 Å². The summed E-state index contributed by atoms with van der Waals surface area (Å²) in [5.41, 5.74) is 7.27. The van der Waals surface area contributed by atoms with Crippen LogP contribution in [0, 0.1) is 13.8 Å². The molecule has 6 rings (SSSR count). The highest BCUT2D eigenvalue weighted by Crippen LogP contribution is 2.42. The first kappa shape index (κ1) is 31.0. The summed E-state index contributed by atoms with van der Waals surface area (Å²) >= 11 is 0. The van der Waals surface area contributed by atoms with Crippen molar-refractivity contribution in [2.45, 2.75) is 90.8 Å². The number of benzene rings is 2. The van der Waals surface area contributed by atoms with Gasteiger partial charge in [-0.15, -0.1) is 0 Å². The van der Waals surface area contributed by atoms with E-state index in [0.717, 1.165) is 69.9 Å². The predicted molar refractivity (Wildman–Crippen MR) is 171 cm³/mol. The monoisotopic (exact) mass is 596 g/mol. The molecule has 2 aromatic heterocycles. The molecule has 2 atom stereocenters. The van der Waals surface area contributed by atoms with Crippen LogP contribution in [0.25, 0.3) is 22.4 Å². The van der Waals surface area contributed by atoms with E-state index in [2.05, 4.69) is 38.8 Å². The molecule has 4 aromatic rings. The molecule has 2 aromatic carbocycles. The molecule has 0 aliphatic heterocycles. The molecule has 1 fully saturated rings. The minimum Gasteiger partial charge on any atom is -0.341 e. The topological polar surface area (TPSA) is 113 Å². The van der Waals surface area contributed by atoms with Crippen molar-refractivity contribution in [3.05, 3.63) is 83.1 Å². The van der Waals surface area contributed by atoms with Crippen molar-refractivity contribution in [2.75, 3.05) is 5.32 Å². The first-order chi connectivity index (χ1) is 21.3. The quantitative estimate of drug-likeness (QED) is 0.197. The predicted octanol–water partition coefficient (Wildman–Crippen LogP) is 6.78. The summed E-state index contributed by atoms with van der Waals surface area (Å²) in [4.78, 5) is 35.9. The molecule has 9 heteroatoms. The molecule has 1 saturated carbocycles. The number of amides is 2. The van der Waals surface area contributed by atoms with Gasteiger partial charge >= 0.3 is 0 Å². The van der Waals surface area contributed by atoms with E-state index < -0.39 is 17.6 Å². The number of hydrogen-bond acceptors (Lipinski definition) is 5. The van der Waals surface area contributed by atoms with E-state index in [9.17, 15) is 14.0 Å². The lowest BCUT2D eigenvalue weighted by Crippen LogP contribution is -2.50. The molecule has 0 saturated heterocycles. The van der Waals surface area contributed by atoms with E-state index in [1.807, 2.05) is 64.1 Å². The van der Waals surface area contributed by atoms with Crippen LogP contribution in [-0.4, -0.2) is 43.7 Å². The van der Waals surface area contributed by atoms with Gasteiger partial charge < -0.3 is 10.6 Å². The number of nitrogens with one attached hydrogen (secondary N) is 3. The van der Waals surface area contributed by atoms with Crippen LogP contribution in [-0.2, 0) is 22.4 Å². The Hall–Kier alpha value is -4.40. The molecule has 0 bridgehead atoms. The highest BCUT2D eigenvalue weighted by Gasteiger charge is 2.52. The molecule has 44 heavy (non-hydrogen) atoms. The number of aromatic amines is 1. The molecule has 2 aliphatic rings. The van der Waals surface area contributed by atoms with Crippen LogP contribution in [0.2, 0.25) is 0 Å². The second-order valence-corrected chi connectivity index (χ2v) is 11.5. The van der Waals surface area contributed by atoms with E-state index in [0.29, 0.717) is 12.1 Å². The third-order valence-electron chi connectivity index (χ3n) is 8.39. The number of carbonyl (C=O) groups excluding carboxylic acids is 2. The Morgan fingerprint density at radius 3 is 2.45 bits per heavy atom. The van der Waals surface area contributed by atoms with E-state index in [-0.39, 0.29) is 24.7 Å². The van der Waals surface area contributed by atoms with Crippen molar-refractivity contribution >= 4 is 17.5 Å². The van der Waals surface area contributed by atoms with Gasteiger partial charge in [0.05, 0.1) is 23.3 Å². The largest absolute Gasteiger partial charge is 0.341 e. The van der Waals surface area contributed by atoms with Gasteiger partial charge in [-0.05, 0) is 80.8 Å². The Kier molecular flexibility index (Phi) is 9.22. The molecule has 230 valence electrons. The van der Waals surface area contributed by atoms with Gasteiger partial charge in [0, 0.05) is 34.6 Å². The lowest BCUT2D eigenvalue weighted by molar-refractivity contribution is -0.131. The number of alkyl halides is 1. The Bertz CT molecular complexity index is 1620. The SMILES string of the molecule is CC.CCCc1cncc(-c2ccc3c(c2)[C@H](C(NC(=O)C2(F)CC2)C(=O)Nc2ccc(-c4c(C)n[nH]c4C)cc2)CC3)n1. The van der Waals surface area contributed by atoms with Crippen LogP contribution in [0.4, 0.5) is 10.1 Å². The highest BCUT2D eigenvalue weighted by molar-refractivity contribution is 6.00.